The highest BCUT2D eigenvalue weighted by Crippen LogP contribution is 2.18. The van der Waals surface area contributed by atoms with Gasteiger partial charge in [0.05, 0.1) is 24.1 Å². The number of carboxylic acids is 1. The summed E-state index contributed by atoms with van der Waals surface area (Å²) in [6.07, 6.45) is 3.81. The van der Waals surface area contributed by atoms with E-state index in [0.29, 0.717) is 6.04 Å². The normalized spacial score (nSPS) is 15.8. The van der Waals surface area contributed by atoms with E-state index in [1.165, 1.54) is 0 Å². The Morgan fingerprint density at radius 3 is 2.58 bits per heavy atom. The van der Waals surface area contributed by atoms with Crippen molar-refractivity contribution in [2.24, 2.45) is 0 Å². The first kappa shape index (κ1) is 20.4. The number of halogens is 1. The summed E-state index contributed by atoms with van der Waals surface area (Å²) < 4.78 is 0. The van der Waals surface area contributed by atoms with Gasteiger partial charge in [-0.1, -0.05) is 25.1 Å². The van der Waals surface area contributed by atoms with Crippen LogP contribution in [0.1, 0.15) is 25.5 Å². The monoisotopic (exact) mass is 379 g/mol. The lowest BCUT2D eigenvalue weighted by atomic mass is 10.0. The van der Waals surface area contributed by atoms with Crippen molar-refractivity contribution < 1.29 is 9.90 Å². The number of likely N-dealkylation sites (N-methyl/N-ethyl adjacent to an activating group) is 1. The largest absolute Gasteiger partial charge is 0.480 e. The molecule has 7 nitrogen and oxygen atoms in total. The third-order valence-electron chi connectivity index (χ3n) is 4.73. The highest BCUT2D eigenvalue weighted by molar-refractivity contribution is 5.85. The van der Waals surface area contributed by atoms with E-state index in [-0.39, 0.29) is 19.0 Å². The molecule has 0 atom stereocenters. The van der Waals surface area contributed by atoms with Gasteiger partial charge in [-0.15, -0.1) is 12.4 Å². The lowest BCUT2D eigenvalue weighted by molar-refractivity contribution is -0.139. The van der Waals surface area contributed by atoms with E-state index in [1.54, 1.807) is 4.80 Å². The van der Waals surface area contributed by atoms with Crippen molar-refractivity contribution in [3.05, 3.63) is 42.2 Å². The topological polar surface area (TPSA) is 74.5 Å². The summed E-state index contributed by atoms with van der Waals surface area (Å²) in [6, 6.07) is 10.2. The minimum Gasteiger partial charge on any atom is -0.480 e. The van der Waals surface area contributed by atoms with E-state index in [0.717, 1.165) is 50.4 Å². The first-order chi connectivity index (χ1) is 12.2. The Labute approximate surface area is 160 Å². The predicted octanol–water partition coefficient (Wildman–Crippen LogP) is 2.06. The Kier molecular flexibility index (Phi) is 7.56. The maximum atomic E-state index is 11.0. The van der Waals surface area contributed by atoms with Gasteiger partial charge in [0.15, 0.2) is 0 Å². The van der Waals surface area contributed by atoms with Crippen LogP contribution in [0.3, 0.4) is 0 Å². The smallest absolute Gasteiger partial charge is 0.317 e. The summed E-state index contributed by atoms with van der Waals surface area (Å²) in [6.45, 7) is 5.63. The van der Waals surface area contributed by atoms with Gasteiger partial charge in [-0.05, 0) is 31.5 Å². The molecule has 3 rings (SSSR count). The summed E-state index contributed by atoms with van der Waals surface area (Å²) in [7, 11) is 0. The fraction of sp³-hybridized carbons (Fsp3) is 0.500. The van der Waals surface area contributed by atoms with Crippen LogP contribution < -0.4 is 0 Å². The van der Waals surface area contributed by atoms with Crippen LogP contribution in [0, 0.1) is 0 Å². The summed E-state index contributed by atoms with van der Waals surface area (Å²) in [5, 5.41) is 17.9. The zero-order valence-electron chi connectivity index (χ0n) is 15.0. The lowest BCUT2D eigenvalue weighted by Gasteiger charge is -2.37. The van der Waals surface area contributed by atoms with Gasteiger partial charge < -0.3 is 5.11 Å². The number of carboxylic acid groups (broad SMARTS) is 1. The van der Waals surface area contributed by atoms with Crippen molar-refractivity contribution in [3.8, 4) is 5.69 Å². The average molecular weight is 380 g/mol. The molecule has 1 fully saturated rings. The van der Waals surface area contributed by atoms with Crippen molar-refractivity contribution in [2.45, 2.75) is 32.4 Å². The SMILES string of the molecule is CCN(CC(=O)O)C1CCN(Cc2cnn(-c3ccccc3)n2)CC1.Cl. The second-order valence-electron chi connectivity index (χ2n) is 6.43. The van der Waals surface area contributed by atoms with Gasteiger partial charge in [0.25, 0.3) is 0 Å². The predicted molar refractivity (Wildman–Crippen MR) is 102 cm³/mol. The van der Waals surface area contributed by atoms with Crippen molar-refractivity contribution in [3.63, 3.8) is 0 Å². The van der Waals surface area contributed by atoms with Crippen LogP contribution in [0.15, 0.2) is 36.5 Å². The van der Waals surface area contributed by atoms with Crippen LogP contribution >= 0.6 is 12.4 Å². The van der Waals surface area contributed by atoms with E-state index in [2.05, 4.69) is 20.0 Å². The molecule has 0 spiro atoms. The summed E-state index contributed by atoms with van der Waals surface area (Å²) in [4.78, 5) is 17.1. The Bertz CT molecular complexity index is 686. The number of rotatable bonds is 7. The molecular formula is C18H26ClN5O2. The number of benzene rings is 1. The van der Waals surface area contributed by atoms with Crippen molar-refractivity contribution in [1.29, 1.82) is 0 Å². The highest BCUT2D eigenvalue weighted by Gasteiger charge is 2.25. The Morgan fingerprint density at radius 1 is 1.27 bits per heavy atom. The van der Waals surface area contributed by atoms with Gasteiger partial charge in [0.1, 0.15) is 0 Å². The summed E-state index contributed by atoms with van der Waals surface area (Å²) >= 11 is 0. The molecule has 0 unspecified atom stereocenters. The molecule has 0 radical (unpaired) electrons. The van der Waals surface area contributed by atoms with Gasteiger partial charge in [0.2, 0.25) is 0 Å². The van der Waals surface area contributed by atoms with Crippen molar-refractivity contribution in [1.82, 2.24) is 24.8 Å². The molecular weight excluding hydrogens is 354 g/mol. The van der Waals surface area contributed by atoms with Gasteiger partial charge in [-0.2, -0.15) is 15.0 Å². The summed E-state index contributed by atoms with van der Waals surface area (Å²) in [5.74, 6) is -0.748. The molecule has 1 aromatic heterocycles. The molecule has 2 heterocycles. The number of piperidine rings is 1. The molecule has 0 amide bonds. The minimum atomic E-state index is -0.748. The van der Waals surface area contributed by atoms with Crippen LogP contribution in [0.2, 0.25) is 0 Å². The first-order valence-corrected chi connectivity index (χ1v) is 8.80. The number of aliphatic carboxylic acids is 1. The molecule has 1 aliphatic rings. The zero-order chi connectivity index (χ0) is 17.6. The van der Waals surface area contributed by atoms with E-state index in [9.17, 15) is 4.79 Å². The summed E-state index contributed by atoms with van der Waals surface area (Å²) in [5.41, 5.74) is 1.92. The van der Waals surface area contributed by atoms with Crippen LogP contribution in [0.4, 0.5) is 0 Å². The number of carbonyl (C=O) groups is 1. The molecule has 0 bridgehead atoms. The number of likely N-dealkylation sites (tertiary alicyclic amines) is 1. The van der Waals surface area contributed by atoms with Crippen molar-refractivity contribution in [2.75, 3.05) is 26.2 Å². The van der Waals surface area contributed by atoms with Gasteiger partial charge >= 0.3 is 5.97 Å². The van der Waals surface area contributed by atoms with Crippen LogP contribution in [0.5, 0.6) is 0 Å². The molecule has 142 valence electrons. The maximum absolute atomic E-state index is 11.0. The molecule has 1 N–H and O–H groups in total. The van der Waals surface area contributed by atoms with Crippen LogP contribution in [-0.4, -0.2) is 68.1 Å². The molecule has 2 aromatic rings. The van der Waals surface area contributed by atoms with E-state index >= 15 is 0 Å². The minimum absolute atomic E-state index is 0. The average Bonchev–Trinajstić information content (AvgIpc) is 3.09. The maximum Gasteiger partial charge on any atom is 0.317 e. The number of hydrogen-bond acceptors (Lipinski definition) is 5. The quantitative estimate of drug-likeness (QED) is 0.793. The van der Waals surface area contributed by atoms with Gasteiger partial charge in [-0.25, -0.2) is 0 Å². The molecule has 0 saturated carbocycles. The highest BCUT2D eigenvalue weighted by atomic mass is 35.5. The fourth-order valence-electron chi connectivity index (χ4n) is 3.40. The van der Waals surface area contributed by atoms with Gasteiger partial charge in [0, 0.05) is 25.7 Å². The Balaban J connectivity index is 0.00000243. The third kappa shape index (κ3) is 5.27. The fourth-order valence-corrected chi connectivity index (χ4v) is 3.40. The number of aromatic nitrogens is 3. The first-order valence-electron chi connectivity index (χ1n) is 8.80. The van der Waals surface area contributed by atoms with Crippen LogP contribution in [-0.2, 0) is 11.3 Å². The molecule has 8 heteroatoms. The molecule has 0 aliphatic carbocycles. The number of para-hydroxylation sites is 1. The Hall–Kier alpha value is -1.96. The zero-order valence-corrected chi connectivity index (χ0v) is 15.8. The second kappa shape index (κ2) is 9.66. The van der Waals surface area contributed by atoms with E-state index in [4.69, 9.17) is 5.11 Å². The third-order valence-corrected chi connectivity index (χ3v) is 4.73. The molecule has 1 aromatic carbocycles. The van der Waals surface area contributed by atoms with E-state index in [1.807, 2.05) is 43.5 Å². The Morgan fingerprint density at radius 2 is 1.96 bits per heavy atom. The standard InChI is InChI=1S/C18H25N5O2.ClH/c1-2-22(14-18(24)25)16-8-10-21(11-9-16)13-15-12-19-23(20-15)17-6-4-3-5-7-17;/h3-7,12,16H,2,8-11,13-14H2,1H3,(H,24,25);1H. The second-order valence-corrected chi connectivity index (χ2v) is 6.43. The van der Waals surface area contributed by atoms with E-state index < -0.39 is 5.97 Å². The molecule has 1 aliphatic heterocycles. The molecule has 26 heavy (non-hydrogen) atoms. The van der Waals surface area contributed by atoms with Crippen molar-refractivity contribution >= 4 is 18.4 Å². The van der Waals surface area contributed by atoms with Crippen LogP contribution in [0.25, 0.3) is 5.69 Å². The number of hydrogen-bond donors (Lipinski definition) is 1. The lowest BCUT2D eigenvalue weighted by Crippen LogP contribution is -2.46. The number of nitrogens with zero attached hydrogens (tertiary/aromatic N) is 5. The van der Waals surface area contributed by atoms with Gasteiger partial charge in [-0.3, -0.25) is 14.6 Å². The molecule has 1 saturated heterocycles.